The number of amides is 1. The van der Waals surface area contributed by atoms with Gasteiger partial charge in [0, 0.05) is 36.6 Å². The Bertz CT molecular complexity index is 1500. The van der Waals surface area contributed by atoms with Gasteiger partial charge in [0.05, 0.1) is 35.5 Å². The lowest BCUT2D eigenvalue weighted by Crippen LogP contribution is -2.45. The molecule has 0 bridgehead atoms. The van der Waals surface area contributed by atoms with Gasteiger partial charge in [-0.25, -0.2) is 4.68 Å². The second-order valence-electron chi connectivity index (χ2n) is 11.3. The molecule has 9 nitrogen and oxygen atoms in total. The molecule has 1 aromatic heterocycles. The molecule has 4 atom stereocenters. The summed E-state index contributed by atoms with van der Waals surface area (Å²) in [5.41, 5.74) is 0.260. The highest BCUT2D eigenvalue weighted by Gasteiger charge is 2.66. The predicted molar refractivity (Wildman–Crippen MR) is 152 cm³/mol. The summed E-state index contributed by atoms with van der Waals surface area (Å²) >= 11 is 0. The number of esters is 1. The van der Waals surface area contributed by atoms with Crippen molar-refractivity contribution in [3.8, 4) is 5.69 Å². The summed E-state index contributed by atoms with van der Waals surface area (Å²) < 4.78 is 28.5. The summed E-state index contributed by atoms with van der Waals surface area (Å²) in [6, 6.07) is 12.6. The number of H-pyrrole nitrogens is 1. The van der Waals surface area contributed by atoms with Crippen LogP contribution in [0.3, 0.4) is 0 Å². The molecule has 2 N–H and O–H groups in total. The minimum atomic E-state index is -3.33. The summed E-state index contributed by atoms with van der Waals surface area (Å²) in [7, 11) is -1.99. The zero-order valence-electron chi connectivity index (χ0n) is 23.3. The molecule has 1 amide bonds. The first-order chi connectivity index (χ1) is 19.0. The van der Waals surface area contributed by atoms with Crippen LogP contribution < -0.4 is 10.5 Å². The van der Waals surface area contributed by atoms with Crippen LogP contribution in [0.4, 0.5) is 9.80 Å². The third-order valence-corrected chi connectivity index (χ3v) is 10.9. The largest absolute Gasteiger partial charge is 0.469 e. The van der Waals surface area contributed by atoms with E-state index in [0.717, 1.165) is 0 Å². The number of hydrogen-bond acceptors (Lipinski definition) is 6. The van der Waals surface area contributed by atoms with Crippen molar-refractivity contribution in [1.29, 1.82) is 0 Å². The third kappa shape index (κ3) is 4.49. The van der Waals surface area contributed by atoms with Crippen molar-refractivity contribution >= 4 is 36.9 Å². The molecule has 1 fully saturated rings. The number of nitrogens with one attached hydrogen (secondary N) is 1. The van der Waals surface area contributed by atoms with Gasteiger partial charge in [0.25, 0.3) is 11.5 Å². The molecule has 1 spiro atoms. The number of carbonyl (C=O) groups excluding carboxylic acids is 2. The van der Waals surface area contributed by atoms with E-state index in [4.69, 9.17) is 9.47 Å². The zero-order valence-corrected chi connectivity index (χ0v) is 24.3. The predicted octanol–water partition coefficient (Wildman–Crippen LogP) is 4.17. The monoisotopic (exact) mass is 569 g/mol. The number of ether oxygens (including phenoxy) is 2. The lowest BCUT2D eigenvalue weighted by molar-refractivity contribution is -0.146. The van der Waals surface area contributed by atoms with Crippen molar-refractivity contribution in [2.75, 3.05) is 25.2 Å². The molecule has 2 aliphatic rings. The van der Waals surface area contributed by atoms with E-state index in [9.17, 15) is 19.5 Å². The van der Waals surface area contributed by atoms with Crippen molar-refractivity contribution in [2.24, 2.45) is 5.92 Å². The van der Waals surface area contributed by atoms with Crippen LogP contribution in [-0.2, 0) is 24.7 Å². The lowest BCUT2D eigenvalue weighted by Gasteiger charge is -2.31. The van der Waals surface area contributed by atoms with Crippen LogP contribution in [0.5, 0.6) is 0 Å². The molecular formula is C29H36FN3O6Si. The minimum absolute atomic E-state index is 0.183. The van der Waals surface area contributed by atoms with Crippen molar-refractivity contribution < 1.29 is 28.3 Å². The number of methoxy groups -OCH3 is 1. The van der Waals surface area contributed by atoms with E-state index in [2.05, 4.69) is 5.10 Å². The third-order valence-electron chi connectivity index (χ3n) is 8.45. The SMILES string of the molecule is COC(=O)CCCCN1C(=O)[C@]2(O[C@H](CCO)[C@@H]([Si](C)(C)F)[C@@H]2C)c2cc(-n3[nH]c4ccccc4c3=O)ccc21. The van der Waals surface area contributed by atoms with Crippen LogP contribution in [0.15, 0.2) is 47.3 Å². The van der Waals surface area contributed by atoms with E-state index < -0.39 is 31.6 Å². The first-order valence-electron chi connectivity index (χ1n) is 13.8. The molecule has 0 unspecified atom stereocenters. The van der Waals surface area contributed by atoms with E-state index in [1.807, 2.05) is 19.1 Å². The van der Waals surface area contributed by atoms with Crippen molar-refractivity contribution in [2.45, 2.75) is 62.9 Å². The Morgan fingerprint density at radius 1 is 1.20 bits per heavy atom. The first-order valence-corrected chi connectivity index (χ1v) is 16.7. The first kappa shape index (κ1) is 28.3. The van der Waals surface area contributed by atoms with Crippen LogP contribution in [-0.4, -0.2) is 61.5 Å². The van der Waals surface area contributed by atoms with Crippen LogP contribution in [0.1, 0.15) is 38.2 Å². The minimum Gasteiger partial charge on any atom is -0.469 e. The Kier molecular flexibility index (Phi) is 7.49. The van der Waals surface area contributed by atoms with E-state index in [1.54, 1.807) is 48.3 Å². The fourth-order valence-electron chi connectivity index (χ4n) is 6.68. The molecule has 5 rings (SSSR count). The molecule has 3 heterocycles. The van der Waals surface area contributed by atoms with Crippen LogP contribution >= 0.6 is 0 Å². The molecule has 0 saturated carbocycles. The highest BCUT2D eigenvalue weighted by molar-refractivity contribution is 6.72. The molecule has 40 heavy (non-hydrogen) atoms. The molecule has 0 radical (unpaired) electrons. The molecule has 0 aliphatic carbocycles. The number of anilines is 1. The van der Waals surface area contributed by atoms with Crippen LogP contribution in [0.25, 0.3) is 16.6 Å². The van der Waals surface area contributed by atoms with Gasteiger partial charge in [-0.3, -0.25) is 19.5 Å². The number of unbranched alkanes of at least 4 members (excludes halogenated alkanes) is 1. The number of fused-ring (bicyclic) bond motifs is 3. The number of para-hydroxylation sites is 1. The molecule has 11 heteroatoms. The van der Waals surface area contributed by atoms with Crippen LogP contribution in [0.2, 0.25) is 18.6 Å². The Hall–Kier alpha value is -3.28. The molecule has 2 aliphatic heterocycles. The molecular weight excluding hydrogens is 533 g/mol. The fraction of sp³-hybridized carbons (Fsp3) is 0.483. The number of benzene rings is 2. The van der Waals surface area contributed by atoms with Gasteiger partial charge >= 0.3 is 5.97 Å². The van der Waals surface area contributed by atoms with Gasteiger partial charge in [-0.1, -0.05) is 19.1 Å². The van der Waals surface area contributed by atoms with E-state index in [1.165, 1.54) is 11.8 Å². The van der Waals surface area contributed by atoms with Crippen LogP contribution in [0, 0.1) is 5.92 Å². The number of aromatic nitrogens is 2. The quantitative estimate of drug-likeness (QED) is 0.173. The summed E-state index contributed by atoms with van der Waals surface area (Å²) in [4.78, 5) is 40.8. The second kappa shape index (κ2) is 10.6. The number of carbonyl (C=O) groups is 2. The number of halogens is 1. The maximum absolute atomic E-state index is 15.8. The number of nitrogens with zero attached hydrogens (tertiary/aromatic N) is 2. The van der Waals surface area contributed by atoms with E-state index in [-0.39, 0.29) is 36.9 Å². The number of aliphatic hydroxyl groups is 1. The second-order valence-corrected chi connectivity index (χ2v) is 15.1. The summed E-state index contributed by atoms with van der Waals surface area (Å²) in [5.74, 6) is -1.09. The number of rotatable bonds is 9. The fourth-order valence-corrected chi connectivity index (χ4v) is 9.22. The van der Waals surface area contributed by atoms with Crippen molar-refractivity contribution in [3.63, 3.8) is 0 Å². The van der Waals surface area contributed by atoms with Gasteiger partial charge in [-0.15, -0.1) is 0 Å². The van der Waals surface area contributed by atoms with Gasteiger partial charge in [0.15, 0.2) is 5.60 Å². The maximum Gasteiger partial charge on any atom is 0.305 e. The Morgan fingerprint density at radius 2 is 1.95 bits per heavy atom. The summed E-state index contributed by atoms with van der Waals surface area (Å²) in [6.45, 7) is 5.26. The lowest BCUT2D eigenvalue weighted by atomic mass is 9.82. The summed E-state index contributed by atoms with van der Waals surface area (Å²) in [5, 5.41) is 13.5. The standard InChI is InChI=1S/C29H36FN3O6Si/c1-18-26(40(3,4)30)24(14-16-34)39-29(18)21-17-19(33-27(36)20-9-5-6-10-22(20)31-33)12-13-23(21)32(28(29)37)15-8-7-11-25(35)38-2/h5-6,9-10,12-13,17-18,24,26,31,34H,7-8,11,14-16H2,1-4H3/t18-,24+,26-,29+/m0/s1. The van der Waals surface area contributed by atoms with Gasteiger partial charge in [-0.2, -0.15) is 0 Å². The number of aromatic amines is 1. The van der Waals surface area contributed by atoms with Gasteiger partial charge < -0.3 is 23.6 Å². The zero-order chi connectivity index (χ0) is 28.8. The summed E-state index contributed by atoms with van der Waals surface area (Å²) in [6.07, 6.45) is 0.939. The van der Waals surface area contributed by atoms with E-state index >= 15 is 4.11 Å². The van der Waals surface area contributed by atoms with Gasteiger partial charge in [0.2, 0.25) is 8.41 Å². The number of aliphatic hydroxyl groups excluding tert-OH is 1. The molecule has 214 valence electrons. The topological polar surface area (TPSA) is 114 Å². The average Bonchev–Trinajstić information content (AvgIpc) is 3.50. The smallest absolute Gasteiger partial charge is 0.305 e. The van der Waals surface area contributed by atoms with Crippen molar-refractivity contribution in [1.82, 2.24) is 9.78 Å². The average molecular weight is 570 g/mol. The molecule has 1 saturated heterocycles. The molecule has 2 aromatic carbocycles. The normalized spacial score (nSPS) is 24.3. The Morgan fingerprint density at radius 3 is 2.62 bits per heavy atom. The van der Waals surface area contributed by atoms with Crippen molar-refractivity contribution in [3.05, 3.63) is 58.4 Å². The van der Waals surface area contributed by atoms with Gasteiger partial charge in [-0.05, 0) is 62.7 Å². The Balaban J connectivity index is 1.61. The Labute approximate surface area is 233 Å². The maximum atomic E-state index is 15.8. The molecule has 3 aromatic rings. The number of hydrogen-bond donors (Lipinski definition) is 2. The highest BCUT2D eigenvalue weighted by atomic mass is 28.4. The van der Waals surface area contributed by atoms with Gasteiger partial charge in [0.1, 0.15) is 0 Å². The highest BCUT2D eigenvalue weighted by Crippen LogP contribution is 2.60. The van der Waals surface area contributed by atoms with E-state index in [0.29, 0.717) is 47.2 Å².